The number of ether oxygens (including phenoxy) is 2. The molecule has 0 N–H and O–H groups in total. The number of piperidine rings is 1. The number of amides is 2. The molecule has 4 rings (SSSR count). The van der Waals surface area contributed by atoms with Crippen molar-refractivity contribution in [1.82, 2.24) is 9.80 Å². The van der Waals surface area contributed by atoms with E-state index in [1.165, 1.54) is 0 Å². The molecule has 0 aromatic heterocycles. The van der Waals surface area contributed by atoms with Crippen LogP contribution in [0, 0.1) is 0 Å². The molecule has 24 heavy (non-hydrogen) atoms. The quantitative estimate of drug-likeness (QED) is 0.835. The first-order chi connectivity index (χ1) is 11.7. The normalized spacial score (nSPS) is 24.5. The van der Waals surface area contributed by atoms with E-state index in [0.717, 1.165) is 12.0 Å². The molecule has 6 nitrogen and oxygen atoms in total. The minimum atomic E-state index is -0.758. The molecule has 3 aliphatic rings. The fraction of sp³-hybridized carbons (Fsp3) is 0.444. The van der Waals surface area contributed by atoms with Crippen LogP contribution in [-0.4, -0.2) is 46.7 Å². The van der Waals surface area contributed by atoms with E-state index in [1.54, 1.807) is 9.80 Å². The number of hydrogen-bond acceptors (Lipinski definition) is 4. The molecule has 1 aromatic carbocycles. The molecule has 3 heterocycles. The molecule has 126 valence electrons. The van der Waals surface area contributed by atoms with E-state index in [9.17, 15) is 9.59 Å². The van der Waals surface area contributed by atoms with Gasteiger partial charge in [0.2, 0.25) is 0 Å². The maximum atomic E-state index is 12.6. The second-order valence-corrected chi connectivity index (χ2v) is 6.43. The van der Waals surface area contributed by atoms with Gasteiger partial charge in [0.15, 0.2) is 5.60 Å². The second kappa shape index (κ2) is 5.94. The van der Waals surface area contributed by atoms with Gasteiger partial charge in [0.05, 0.1) is 0 Å². The Labute approximate surface area is 140 Å². The summed E-state index contributed by atoms with van der Waals surface area (Å²) in [6, 6.07) is 9.60. The highest BCUT2D eigenvalue weighted by Crippen LogP contribution is 2.39. The molecule has 0 radical (unpaired) electrons. The first kappa shape index (κ1) is 15.2. The Balaban J connectivity index is 1.32. The van der Waals surface area contributed by atoms with Gasteiger partial charge >= 0.3 is 6.09 Å². The fourth-order valence-corrected chi connectivity index (χ4v) is 3.54. The summed E-state index contributed by atoms with van der Waals surface area (Å²) in [6.07, 6.45) is 5.05. The lowest BCUT2D eigenvalue weighted by Gasteiger charge is -2.36. The van der Waals surface area contributed by atoms with Crippen LogP contribution in [0.2, 0.25) is 0 Å². The van der Waals surface area contributed by atoms with Crippen LogP contribution >= 0.6 is 0 Å². The van der Waals surface area contributed by atoms with Gasteiger partial charge in [-0.2, -0.15) is 0 Å². The van der Waals surface area contributed by atoms with Crippen LogP contribution in [0.15, 0.2) is 42.6 Å². The number of rotatable bonds is 2. The SMILES string of the molecule is O=C(OCc1ccccc1)N1CCC2(CC1)O[C@@H]1CC=CN1C2=O. The topological polar surface area (TPSA) is 59.1 Å². The van der Waals surface area contributed by atoms with E-state index >= 15 is 0 Å². The lowest BCUT2D eigenvalue weighted by molar-refractivity contribution is -0.140. The zero-order valence-electron chi connectivity index (χ0n) is 13.4. The zero-order valence-corrected chi connectivity index (χ0v) is 13.4. The van der Waals surface area contributed by atoms with E-state index in [2.05, 4.69) is 0 Å². The predicted octanol–water partition coefficient (Wildman–Crippen LogP) is 2.26. The van der Waals surface area contributed by atoms with E-state index in [-0.39, 0.29) is 24.8 Å². The van der Waals surface area contributed by atoms with Gasteiger partial charge in [0.25, 0.3) is 5.91 Å². The van der Waals surface area contributed by atoms with E-state index in [1.807, 2.05) is 42.6 Å². The maximum absolute atomic E-state index is 12.6. The Bertz CT molecular complexity index is 665. The van der Waals surface area contributed by atoms with Gasteiger partial charge in [-0.05, 0) is 5.56 Å². The van der Waals surface area contributed by atoms with Gasteiger partial charge in [-0.1, -0.05) is 36.4 Å². The minimum Gasteiger partial charge on any atom is -0.445 e. The lowest BCUT2D eigenvalue weighted by atomic mass is 9.90. The predicted molar refractivity (Wildman–Crippen MR) is 85.6 cm³/mol. The highest BCUT2D eigenvalue weighted by Gasteiger charge is 2.54. The minimum absolute atomic E-state index is 0.0264. The summed E-state index contributed by atoms with van der Waals surface area (Å²) in [4.78, 5) is 28.1. The number of fused-ring (bicyclic) bond motifs is 1. The van der Waals surface area contributed by atoms with Crippen molar-refractivity contribution in [2.24, 2.45) is 0 Å². The van der Waals surface area contributed by atoms with Gasteiger partial charge in [-0.25, -0.2) is 4.79 Å². The third kappa shape index (κ3) is 2.57. The van der Waals surface area contributed by atoms with Crippen LogP contribution in [0.5, 0.6) is 0 Å². The molecule has 0 unspecified atom stereocenters. The molecule has 2 saturated heterocycles. The molecule has 2 amide bonds. The molecule has 0 aliphatic carbocycles. The van der Waals surface area contributed by atoms with Crippen LogP contribution < -0.4 is 0 Å². The van der Waals surface area contributed by atoms with Crippen LogP contribution in [-0.2, 0) is 20.9 Å². The van der Waals surface area contributed by atoms with Crippen LogP contribution in [0.4, 0.5) is 4.79 Å². The Kier molecular flexibility index (Phi) is 3.76. The van der Waals surface area contributed by atoms with Crippen LogP contribution in [0.3, 0.4) is 0 Å². The summed E-state index contributed by atoms with van der Waals surface area (Å²) < 4.78 is 11.4. The molecule has 2 fully saturated rings. The first-order valence-electron chi connectivity index (χ1n) is 8.31. The first-order valence-corrected chi connectivity index (χ1v) is 8.31. The van der Waals surface area contributed by atoms with Gasteiger partial charge in [-0.15, -0.1) is 0 Å². The summed E-state index contributed by atoms with van der Waals surface area (Å²) in [7, 11) is 0. The molecular formula is C18H20N2O4. The molecule has 1 spiro atoms. The summed E-state index contributed by atoms with van der Waals surface area (Å²) in [6.45, 7) is 1.21. The average molecular weight is 328 g/mol. The third-order valence-electron chi connectivity index (χ3n) is 4.93. The van der Waals surface area contributed by atoms with Crippen molar-refractivity contribution in [3.8, 4) is 0 Å². The molecule has 0 saturated carbocycles. The Hall–Kier alpha value is -2.34. The van der Waals surface area contributed by atoms with E-state index in [0.29, 0.717) is 25.9 Å². The van der Waals surface area contributed by atoms with Crippen molar-refractivity contribution in [1.29, 1.82) is 0 Å². The van der Waals surface area contributed by atoms with Crippen molar-refractivity contribution in [2.75, 3.05) is 13.1 Å². The largest absolute Gasteiger partial charge is 0.445 e. The monoisotopic (exact) mass is 328 g/mol. The highest BCUT2D eigenvalue weighted by atomic mass is 16.6. The Morgan fingerprint density at radius 2 is 2.00 bits per heavy atom. The molecule has 6 heteroatoms. The number of benzene rings is 1. The van der Waals surface area contributed by atoms with Crippen LogP contribution in [0.25, 0.3) is 0 Å². The summed E-state index contributed by atoms with van der Waals surface area (Å²) >= 11 is 0. The zero-order chi connectivity index (χ0) is 16.6. The molecule has 0 bridgehead atoms. The summed E-state index contributed by atoms with van der Waals surface area (Å²) in [5.74, 6) is 0.0264. The van der Waals surface area contributed by atoms with Gasteiger partial charge in [0, 0.05) is 38.6 Å². The fourth-order valence-electron chi connectivity index (χ4n) is 3.54. The average Bonchev–Trinajstić information content (AvgIpc) is 3.16. The van der Waals surface area contributed by atoms with Gasteiger partial charge in [-0.3, -0.25) is 9.69 Å². The molecule has 1 atom stereocenters. The standard InChI is InChI=1S/C18H20N2O4/c21-16-18(24-15-7-4-10-20(15)16)8-11-19(12-9-18)17(22)23-13-14-5-2-1-3-6-14/h1-6,10,15H,7-9,11-13H2/t15-/m1/s1. The van der Waals surface area contributed by atoms with Crippen molar-refractivity contribution < 1.29 is 19.1 Å². The van der Waals surface area contributed by atoms with Gasteiger partial charge < -0.3 is 14.4 Å². The number of carbonyl (C=O) groups excluding carboxylic acids is 2. The number of carbonyl (C=O) groups is 2. The lowest BCUT2D eigenvalue weighted by Crippen LogP contribution is -2.51. The van der Waals surface area contributed by atoms with Crippen molar-refractivity contribution in [2.45, 2.75) is 37.7 Å². The van der Waals surface area contributed by atoms with Crippen molar-refractivity contribution in [3.05, 3.63) is 48.2 Å². The number of likely N-dealkylation sites (tertiary alicyclic amines) is 1. The van der Waals surface area contributed by atoms with Crippen molar-refractivity contribution in [3.63, 3.8) is 0 Å². The molecular weight excluding hydrogens is 308 g/mol. The number of nitrogens with zero attached hydrogens (tertiary/aromatic N) is 2. The Morgan fingerprint density at radius 1 is 1.25 bits per heavy atom. The summed E-state index contributed by atoms with van der Waals surface area (Å²) in [5, 5.41) is 0. The number of hydrogen-bond donors (Lipinski definition) is 0. The van der Waals surface area contributed by atoms with E-state index in [4.69, 9.17) is 9.47 Å². The maximum Gasteiger partial charge on any atom is 0.410 e. The smallest absolute Gasteiger partial charge is 0.410 e. The summed E-state index contributed by atoms with van der Waals surface area (Å²) in [5.41, 5.74) is 0.201. The van der Waals surface area contributed by atoms with E-state index < -0.39 is 5.60 Å². The Morgan fingerprint density at radius 3 is 2.71 bits per heavy atom. The second-order valence-electron chi connectivity index (χ2n) is 6.43. The highest BCUT2D eigenvalue weighted by molar-refractivity contribution is 5.88. The molecule has 1 aromatic rings. The van der Waals surface area contributed by atoms with Crippen molar-refractivity contribution >= 4 is 12.0 Å². The van der Waals surface area contributed by atoms with Gasteiger partial charge in [0.1, 0.15) is 12.8 Å². The van der Waals surface area contributed by atoms with Crippen LogP contribution in [0.1, 0.15) is 24.8 Å². The third-order valence-corrected chi connectivity index (χ3v) is 4.93. The molecule has 3 aliphatic heterocycles.